The second kappa shape index (κ2) is 6.48. The molecular weight excluding hydrogens is 272 g/mol. The number of ether oxygens (including phenoxy) is 4. The molecule has 0 radical (unpaired) electrons. The second-order valence-electron chi connectivity index (χ2n) is 3.96. The van der Waals surface area contributed by atoms with Crippen LogP contribution in [-0.2, 0) is 0 Å². The van der Waals surface area contributed by atoms with Crippen molar-refractivity contribution in [1.29, 1.82) is 5.26 Å². The number of pyridine rings is 1. The molecule has 1 aromatic carbocycles. The van der Waals surface area contributed by atoms with Gasteiger partial charge in [0.1, 0.15) is 11.8 Å². The summed E-state index contributed by atoms with van der Waals surface area (Å²) < 4.78 is 21.4. The number of hydrogen-bond donors (Lipinski definition) is 0. The number of benzene rings is 1. The summed E-state index contributed by atoms with van der Waals surface area (Å²) in [4.78, 5) is 4.04. The molecule has 0 aliphatic heterocycles. The molecule has 0 saturated carbocycles. The molecule has 1 heterocycles. The van der Waals surface area contributed by atoms with Crippen molar-refractivity contribution in [3.05, 3.63) is 36.0 Å². The molecule has 0 N–H and O–H groups in total. The fraction of sp³-hybridized carbons (Fsp3) is 0.200. The van der Waals surface area contributed by atoms with E-state index in [1.54, 1.807) is 24.3 Å². The van der Waals surface area contributed by atoms with Crippen molar-refractivity contribution in [3.63, 3.8) is 0 Å². The lowest BCUT2D eigenvalue weighted by molar-refractivity contribution is 0.320. The first-order valence-electron chi connectivity index (χ1n) is 6.05. The number of nitrogens with zero attached hydrogens (tertiary/aromatic N) is 2. The van der Waals surface area contributed by atoms with Crippen molar-refractivity contribution in [2.45, 2.75) is 0 Å². The molecule has 0 atom stereocenters. The normalized spacial score (nSPS) is 9.62. The van der Waals surface area contributed by atoms with Crippen LogP contribution in [0.1, 0.15) is 5.56 Å². The Morgan fingerprint density at radius 1 is 1.00 bits per heavy atom. The van der Waals surface area contributed by atoms with Crippen LogP contribution in [0.15, 0.2) is 30.5 Å². The van der Waals surface area contributed by atoms with Gasteiger partial charge in [0.2, 0.25) is 11.6 Å². The summed E-state index contributed by atoms with van der Waals surface area (Å²) in [5, 5.41) is 8.73. The molecule has 2 rings (SSSR count). The average molecular weight is 286 g/mol. The van der Waals surface area contributed by atoms with Crippen molar-refractivity contribution in [1.82, 2.24) is 4.98 Å². The Morgan fingerprint density at radius 2 is 1.67 bits per heavy atom. The van der Waals surface area contributed by atoms with Crippen LogP contribution in [-0.4, -0.2) is 26.3 Å². The third-order valence-electron chi connectivity index (χ3n) is 2.73. The van der Waals surface area contributed by atoms with Crippen molar-refractivity contribution in [2.75, 3.05) is 21.3 Å². The van der Waals surface area contributed by atoms with E-state index in [0.29, 0.717) is 34.4 Å². The van der Waals surface area contributed by atoms with Gasteiger partial charge in [-0.05, 0) is 6.07 Å². The molecule has 2 aromatic rings. The maximum atomic E-state index is 8.73. The minimum Gasteiger partial charge on any atom is -0.493 e. The molecule has 0 unspecified atom stereocenters. The van der Waals surface area contributed by atoms with Crippen LogP contribution in [0, 0.1) is 11.3 Å². The highest BCUT2D eigenvalue weighted by Gasteiger charge is 2.14. The zero-order valence-corrected chi connectivity index (χ0v) is 11.9. The van der Waals surface area contributed by atoms with E-state index >= 15 is 0 Å². The highest BCUT2D eigenvalue weighted by atomic mass is 16.5. The van der Waals surface area contributed by atoms with Gasteiger partial charge in [-0.3, -0.25) is 0 Å². The third kappa shape index (κ3) is 3.15. The lowest BCUT2D eigenvalue weighted by Crippen LogP contribution is -1.96. The Labute approximate surface area is 122 Å². The zero-order chi connectivity index (χ0) is 15.2. The topological polar surface area (TPSA) is 73.6 Å². The van der Waals surface area contributed by atoms with Crippen molar-refractivity contribution >= 4 is 0 Å². The summed E-state index contributed by atoms with van der Waals surface area (Å²) >= 11 is 0. The Bertz CT molecular complexity index is 637. The van der Waals surface area contributed by atoms with E-state index in [0.717, 1.165) is 0 Å². The van der Waals surface area contributed by atoms with Gasteiger partial charge in [-0.25, -0.2) is 4.98 Å². The summed E-state index contributed by atoms with van der Waals surface area (Å²) in [6.07, 6.45) is 1.44. The number of aromatic nitrogens is 1. The van der Waals surface area contributed by atoms with Crippen LogP contribution in [0.4, 0.5) is 0 Å². The van der Waals surface area contributed by atoms with Gasteiger partial charge in [0.05, 0.1) is 26.9 Å². The summed E-state index contributed by atoms with van der Waals surface area (Å²) in [6, 6.07) is 8.57. The fourth-order valence-corrected chi connectivity index (χ4v) is 1.74. The summed E-state index contributed by atoms with van der Waals surface area (Å²) in [5.41, 5.74) is 0.465. The molecule has 1 aromatic heterocycles. The summed E-state index contributed by atoms with van der Waals surface area (Å²) in [7, 11) is 4.59. The predicted molar refractivity (Wildman–Crippen MR) is 75.1 cm³/mol. The van der Waals surface area contributed by atoms with Crippen LogP contribution in [0.2, 0.25) is 0 Å². The van der Waals surface area contributed by atoms with E-state index in [2.05, 4.69) is 4.98 Å². The van der Waals surface area contributed by atoms with Crippen molar-refractivity contribution < 1.29 is 18.9 Å². The third-order valence-corrected chi connectivity index (χ3v) is 2.73. The Hall–Kier alpha value is -2.94. The second-order valence-corrected chi connectivity index (χ2v) is 3.96. The highest BCUT2D eigenvalue weighted by molar-refractivity contribution is 5.56. The van der Waals surface area contributed by atoms with Gasteiger partial charge < -0.3 is 18.9 Å². The first-order chi connectivity index (χ1) is 10.2. The number of hydrogen-bond acceptors (Lipinski definition) is 6. The van der Waals surface area contributed by atoms with Crippen LogP contribution < -0.4 is 18.9 Å². The highest BCUT2D eigenvalue weighted by Crippen LogP contribution is 2.41. The van der Waals surface area contributed by atoms with E-state index in [1.165, 1.54) is 27.5 Å². The van der Waals surface area contributed by atoms with Gasteiger partial charge >= 0.3 is 0 Å². The first kappa shape index (κ1) is 14.5. The predicted octanol–water partition coefficient (Wildman–Crippen LogP) is 2.77. The average Bonchev–Trinajstić information content (AvgIpc) is 2.54. The number of methoxy groups -OCH3 is 3. The summed E-state index contributed by atoms with van der Waals surface area (Å²) in [6.45, 7) is 0. The maximum Gasteiger partial charge on any atom is 0.219 e. The molecule has 0 bridgehead atoms. The lowest BCUT2D eigenvalue weighted by atomic mass is 10.2. The Balaban J connectivity index is 2.33. The molecule has 0 spiro atoms. The maximum absolute atomic E-state index is 8.73. The van der Waals surface area contributed by atoms with Crippen molar-refractivity contribution in [3.8, 4) is 34.9 Å². The van der Waals surface area contributed by atoms with Gasteiger partial charge in [0.15, 0.2) is 11.5 Å². The van der Waals surface area contributed by atoms with Crippen LogP contribution >= 0.6 is 0 Å². The Morgan fingerprint density at radius 3 is 2.10 bits per heavy atom. The molecule has 0 aliphatic rings. The molecule has 0 amide bonds. The van der Waals surface area contributed by atoms with Crippen LogP contribution in [0.5, 0.6) is 28.9 Å². The van der Waals surface area contributed by atoms with Gasteiger partial charge in [0.25, 0.3) is 0 Å². The molecule has 21 heavy (non-hydrogen) atoms. The number of rotatable bonds is 5. The minimum absolute atomic E-state index is 0.364. The quantitative estimate of drug-likeness (QED) is 0.841. The smallest absolute Gasteiger partial charge is 0.219 e. The monoisotopic (exact) mass is 286 g/mol. The van der Waals surface area contributed by atoms with Crippen LogP contribution in [0.25, 0.3) is 0 Å². The van der Waals surface area contributed by atoms with Crippen LogP contribution in [0.3, 0.4) is 0 Å². The lowest BCUT2D eigenvalue weighted by Gasteiger charge is -2.14. The van der Waals surface area contributed by atoms with E-state index in [-0.39, 0.29) is 0 Å². The molecule has 0 saturated heterocycles. The van der Waals surface area contributed by atoms with Crippen molar-refractivity contribution in [2.24, 2.45) is 0 Å². The van der Waals surface area contributed by atoms with Gasteiger partial charge in [-0.15, -0.1) is 0 Å². The molecule has 0 fully saturated rings. The fourth-order valence-electron chi connectivity index (χ4n) is 1.74. The Kier molecular flexibility index (Phi) is 4.46. The van der Waals surface area contributed by atoms with E-state index in [9.17, 15) is 0 Å². The van der Waals surface area contributed by atoms with E-state index < -0.39 is 0 Å². The van der Waals surface area contributed by atoms with Gasteiger partial charge in [0, 0.05) is 24.4 Å². The van der Waals surface area contributed by atoms with Gasteiger partial charge in [-0.1, -0.05) is 0 Å². The SMILES string of the molecule is COc1cc(Oc2ccc(C#N)cn2)cc(OC)c1OC. The minimum atomic E-state index is 0.364. The molecule has 0 aliphatic carbocycles. The first-order valence-corrected chi connectivity index (χ1v) is 6.05. The molecular formula is C15H14N2O4. The van der Waals surface area contributed by atoms with Gasteiger partial charge in [-0.2, -0.15) is 5.26 Å². The van der Waals surface area contributed by atoms with E-state index in [1.807, 2.05) is 6.07 Å². The standard InChI is InChI=1S/C15H14N2O4/c1-18-12-6-11(7-13(19-2)15(12)20-3)21-14-5-4-10(8-16)9-17-14/h4-7,9H,1-3H3. The molecule has 6 nitrogen and oxygen atoms in total. The zero-order valence-electron chi connectivity index (χ0n) is 11.9. The van der Waals surface area contributed by atoms with E-state index in [4.69, 9.17) is 24.2 Å². The summed E-state index contributed by atoms with van der Waals surface area (Å²) in [5.74, 6) is 2.31. The molecule has 6 heteroatoms. The molecule has 108 valence electrons. The largest absolute Gasteiger partial charge is 0.493 e. The number of nitriles is 1.